The van der Waals surface area contributed by atoms with Gasteiger partial charge in [0.1, 0.15) is 0 Å². The number of nitrogens with one attached hydrogen (secondary N) is 1. The number of pyridine rings is 1. The zero-order chi connectivity index (χ0) is 14.8. The van der Waals surface area contributed by atoms with E-state index in [2.05, 4.69) is 50.1 Å². The van der Waals surface area contributed by atoms with E-state index in [-0.39, 0.29) is 0 Å². The largest absolute Gasteiger partial charge is 0.310 e. The van der Waals surface area contributed by atoms with Crippen LogP contribution in [0, 0.1) is 13.8 Å². The zero-order valence-corrected chi connectivity index (χ0v) is 13.8. The van der Waals surface area contributed by atoms with Gasteiger partial charge in [-0.2, -0.15) is 0 Å². The molecule has 0 fully saturated rings. The average molecular weight is 276 g/mol. The molecule has 1 aromatic rings. The van der Waals surface area contributed by atoms with Crippen LogP contribution in [-0.2, 0) is 0 Å². The number of hydrogen-bond acceptors (Lipinski definition) is 2. The van der Waals surface area contributed by atoms with Crippen molar-refractivity contribution >= 4 is 0 Å². The molecule has 0 saturated heterocycles. The van der Waals surface area contributed by atoms with Crippen LogP contribution >= 0.6 is 0 Å². The van der Waals surface area contributed by atoms with Crippen LogP contribution in [0.2, 0.25) is 0 Å². The molecule has 0 aliphatic carbocycles. The van der Waals surface area contributed by atoms with Crippen LogP contribution in [-0.4, -0.2) is 11.5 Å². The first-order chi connectivity index (χ1) is 9.67. The summed E-state index contributed by atoms with van der Waals surface area (Å²) in [5.41, 5.74) is 3.68. The maximum atomic E-state index is 4.49. The molecule has 0 amide bonds. The minimum atomic E-state index is 0.497. The maximum Gasteiger partial charge on any atom is 0.0379 e. The third kappa shape index (κ3) is 6.51. The van der Waals surface area contributed by atoms with Gasteiger partial charge in [-0.25, -0.2) is 0 Å². The van der Waals surface area contributed by atoms with Crippen molar-refractivity contribution in [1.82, 2.24) is 10.3 Å². The second-order valence-electron chi connectivity index (χ2n) is 5.89. The van der Waals surface area contributed by atoms with E-state index in [1.165, 1.54) is 50.5 Å². The van der Waals surface area contributed by atoms with Gasteiger partial charge in [-0.15, -0.1) is 0 Å². The normalized spacial score (nSPS) is 12.6. The van der Waals surface area contributed by atoms with E-state index >= 15 is 0 Å². The molecular formula is C18H32N2. The van der Waals surface area contributed by atoms with Gasteiger partial charge in [0.15, 0.2) is 0 Å². The lowest BCUT2D eigenvalue weighted by Gasteiger charge is -2.20. The highest BCUT2D eigenvalue weighted by molar-refractivity contribution is 5.23. The minimum absolute atomic E-state index is 0.497. The molecule has 2 nitrogen and oxygen atoms in total. The molecule has 1 unspecified atom stereocenters. The minimum Gasteiger partial charge on any atom is -0.310 e. The van der Waals surface area contributed by atoms with E-state index in [0.29, 0.717) is 6.04 Å². The first-order valence-corrected chi connectivity index (χ1v) is 8.36. The number of aromatic nitrogens is 1. The van der Waals surface area contributed by atoms with E-state index in [4.69, 9.17) is 0 Å². The predicted octanol–water partition coefficient (Wildman–Crippen LogP) is 5.10. The zero-order valence-electron chi connectivity index (χ0n) is 13.8. The molecule has 0 aliphatic rings. The number of rotatable bonds is 10. The lowest BCUT2D eigenvalue weighted by molar-refractivity contribution is 0.467. The van der Waals surface area contributed by atoms with Gasteiger partial charge >= 0.3 is 0 Å². The van der Waals surface area contributed by atoms with E-state index < -0.39 is 0 Å². The van der Waals surface area contributed by atoms with Gasteiger partial charge in [0.2, 0.25) is 0 Å². The van der Waals surface area contributed by atoms with Crippen LogP contribution in [0.25, 0.3) is 0 Å². The average Bonchev–Trinajstić information content (AvgIpc) is 2.40. The lowest BCUT2D eigenvalue weighted by Crippen LogP contribution is -2.22. The van der Waals surface area contributed by atoms with Crippen LogP contribution in [0.5, 0.6) is 0 Å². The summed E-state index contributed by atoms with van der Waals surface area (Å²) >= 11 is 0. The summed E-state index contributed by atoms with van der Waals surface area (Å²) in [6.45, 7) is 9.78. The molecule has 0 aromatic carbocycles. The molecule has 1 N–H and O–H groups in total. The van der Waals surface area contributed by atoms with Crippen molar-refractivity contribution in [3.05, 3.63) is 29.1 Å². The van der Waals surface area contributed by atoms with E-state index in [1.807, 2.05) is 0 Å². The van der Waals surface area contributed by atoms with Crippen LogP contribution in [0.4, 0.5) is 0 Å². The van der Waals surface area contributed by atoms with E-state index in [1.54, 1.807) is 0 Å². The topological polar surface area (TPSA) is 24.9 Å². The van der Waals surface area contributed by atoms with Crippen molar-refractivity contribution in [1.29, 1.82) is 0 Å². The molecule has 2 heteroatoms. The fourth-order valence-corrected chi connectivity index (χ4v) is 2.73. The van der Waals surface area contributed by atoms with Crippen molar-refractivity contribution in [2.45, 2.75) is 78.7 Å². The van der Waals surface area contributed by atoms with Gasteiger partial charge in [0, 0.05) is 17.4 Å². The molecule has 0 saturated carbocycles. The molecule has 0 spiro atoms. The Balaban J connectivity index is 2.58. The second kappa shape index (κ2) is 9.93. The quantitative estimate of drug-likeness (QED) is 0.601. The molecule has 1 rings (SSSR count). The molecule has 0 bridgehead atoms. The summed E-state index contributed by atoms with van der Waals surface area (Å²) in [5, 5.41) is 3.70. The fraction of sp³-hybridized carbons (Fsp3) is 0.722. The summed E-state index contributed by atoms with van der Waals surface area (Å²) in [7, 11) is 0. The van der Waals surface area contributed by atoms with Gasteiger partial charge in [-0.3, -0.25) is 4.98 Å². The van der Waals surface area contributed by atoms with Crippen LogP contribution < -0.4 is 5.32 Å². The Hall–Kier alpha value is -0.890. The molecule has 1 aromatic heterocycles. The highest BCUT2D eigenvalue weighted by Crippen LogP contribution is 2.21. The highest BCUT2D eigenvalue weighted by atomic mass is 14.9. The smallest absolute Gasteiger partial charge is 0.0379 e. The van der Waals surface area contributed by atoms with Crippen molar-refractivity contribution in [2.75, 3.05) is 6.54 Å². The summed E-state index contributed by atoms with van der Waals surface area (Å²) in [6, 6.07) is 4.98. The first-order valence-electron chi connectivity index (χ1n) is 8.36. The molecular weight excluding hydrogens is 244 g/mol. The van der Waals surface area contributed by atoms with Gasteiger partial charge in [0.05, 0.1) is 0 Å². The van der Waals surface area contributed by atoms with Crippen molar-refractivity contribution in [3.8, 4) is 0 Å². The Labute approximate surface area is 125 Å². The Morgan fingerprint density at radius 2 is 1.60 bits per heavy atom. The lowest BCUT2D eigenvalue weighted by atomic mass is 9.99. The Morgan fingerprint density at radius 3 is 2.20 bits per heavy atom. The Bertz CT molecular complexity index is 353. The SMILES string of the molecule is CCCCCCCC(NCCC)c1cc(C)nc(C)c1. The summed E-state index contributed by atoms with van der Waals surface area (Å²) in [5.74, 6) is 0. The summed E-state index contributed by atoms with van der Waals surface area (Å²) < 4.78 is 0. The number of unbranched alkanes of at least 4 members (excludes halogenated alkanes) is 4. The molecule has 20 heavy (non-hydrogen) atoms. The Morgan fingerprint density at radius 1 is 0.950 bits per heavy atom. The van der Waals surface area contributed by atoms with E-state index in [9.17, 15) is 0 Å². The monoisotopic (exact) mass is 276 g/mol. The third-order valence-corrected chi connectivity index (χ3v) is 3.74. The van der Waals surface area contributed by atoms with Crippen molar-refractivity contribution < 1.29 is 0 Å². The van der Waals surface area contributed by atoms with Gasteiger partial charge in [0.25, 0.3) is 0 Å². The van der Waals surface area contributed by atoms with Crippen LogP contribution in [0.1, 0.15) is 81.8 Å². The standard InChI is InChI=1S/C18H32N2/c1-5-7-8-9-10-11-18(19-12-6-2)17-13-15(3)20-16(4)14-17/h13-14,18-19H,5-12H2,1-4H3. The second-order valence-corrected chi connectivity index (χ2v) is 5.89. The number of hydrogen-bond donors (Lipinski definition) is 1. The molecule has 0 radical (unpaired) electrons. The van der Waals surface area contributed by atoms with Crippen LogP contribution in [0.3, 0.4) is 0 Å². The molecule has 1 heterocycles. The fourth-order valence-electron chi connectivity index (χ4n) is 2.73. The summed E-state index contributed by atoms with van der Waals surface area (Å²) in [6.07, 6.45) is 9.19. The van der Waals surface area contributed by atoms with Crippen LogP contribution in [0.15, 0.2) is 12.1 Å². The van der Waals surface area contributed by atoms with Crippen molar-refractivity contribution in [2.24, 2.45) is 0 Å². The highest BCUT2D eigenvalue weighted by Gasteiger charge is 2.11. The maximum absolute atomic E-state index is 4.49. The van der Waals surface area contributed by atoms with Gasteiger partial charge in [-0.1, -0.05) is 46.0 Å². The van der Waals surface area contributed by atoms with E-state index in [0.717, 1.165) is 17.9 Å². The van der Waals surface area contributed by atoms with Crippen molar-refractivity contribution in [3.63, 3.8) is 0 Å². The molecule has 0 aliphatic heterocycles. The van der Waals surface area contributed by atoms with Gasteiger partial charge in [-0.05, 0) is 50.9 Å². The Kier molecular flexibility index (Phi) is 8.52. The number of aryl methyl sites for hydroxylation is 2. The molecule has 114 valence electrons. The first kappa shape index (κ1) is 17.2. The summed E-state index contributed by atoms with van der Waals surface area (Å²) in [4.78, 5) is 4.49. The molecule has 1 atom stereocenters. The third-order valence-electron chi connectivity index (χ3n) is 3.74. The van der Waals surface area contributed by atoms with Gasteiger partial charge < -0.3 is 5.32 Å². The predicted molar refractivity (Wildman–Crippen MR) is 88.1 cm³/mol. The number of nitrogens with zero attached hydrogens (tertiary/aromatic N) is 1.